The minimum Gasteiger partial charge on any atom is -0.493 e. The molecule has 2 aromatic carbocycles. The SMILES string of the molecule is CCC(C)(C)c1ccc(OCCCCNc2cccc(NC(=O)C(Cl)C(=O)C3(C)CCCCC3)c2)c(C(C)(C)CC)c1. The smallest absolute Gasteiger partial charge is 0.250 e. The monoisotopic (exact) mass is 596 g/mol. The Bertz CT molecular complexity index is 1200. The molecule has 3 rings (SSSR count). The molecule has 1 aliphatic rings. The number of rotatable bonds is 15. The molecule has 0 saturated heterocycles. The van der Waals surface area contributed by atoms with Crippen LogP contribution in [-0.2, 0) is 20.4 Å². The van der Waals surface area contributed by atoms with E-state index in [9.17, 15) is 9.59 Å². The molecular weight excluding hydrogens is 544 g/mol. The Labute approximate surface area is 259 Å². The number of ketones is 1. The Morgan fingerprint density at radius 2 is 1.60 bits per heavy atom. The summed E-state index contributed by atoms with van der Waals surface area (Å²) >= 11 is 6.36. The fourth-order valence-electron chi connectivity index (χ4n) is 5.56. The molecule has 1 amide bonds. The summed E-state index contributed by atoms with van der Waals surface area (Å²) in [5.41, 5.74) is 3.87. The van der Waals surface area contributed by atoms with Gasteiger partial charge in [-0.05, 0) is 79.2 Å². The molecule has 5 nitrogen and oxygen atoms in total. The quantitative estimate of drug-likeness (QED) is 0.122. The van der Waals surface area contributed by atoms with Gasteiger partial charge in [0.15, 0.2) is 11.2 Å². The number of amides is 1. The van der Waals surface area contributed by atoms with Gasteiger partial charge in [-0.3, -0.25) is 9.59 Å². The third-order valence-corrected chi connectivity index (χ3v) is 9.95. The second kappa shape index (κ2) is 14.8. The van der Waals surface area contributed by atoms with Gasteiger partial charge in [0.05, 0.1) is 6.61 Å². The molecule has 1 aliphatic carbocycles. The van der Waals surface area contributed by atoms with Gasteiger partial charge in [-0.2, -0.15) is 0 Å². The molecule has 232 valence electrons. The number of alkyl halides is 1. The van der Waals surface area contributed by atoms with Crippen molar-refractivity contribution >= 4 is 34.7 Å². The van der Waals surface area contributed by atoms with E-state index in [-0.39, 0.29) is 16.6 Å². The fraction of sp³-hybridized carbons (Fsp3) is 0.611. The van der Waals surface area contributed by atoms with Gasteiger partial charge in [-0.15, -0.1) is 11.6 Å². The fourth-order valence-corrected chi connectivity index (χ4v) is 5.88. The third kappa shape index (κ3) is 8.75. The molecule has 1 saturated carbocycles. The van der Waals surface area contributed by atoms with E-state index >= 15 is 0 Å². The largest absolute Gasteiger partial charge is 0.493 e. The summed E-state index contributed by atoms with van der Waals surface area (Å²) in [4.78, 5) is 25.8. The maximum Gasteiger partial charge on any atom is 0.250 e. The van der Waals surface area contributed by atoms with Crippen LogP contribution < -0.4 is 15.4 Å². The number of anilines is 2. The average Bonchev–Trinajstić information content (AvgIpc) is 2.98. The zero-order valence-electron chi connectivity index (χ0n) is 27.0. The molecule has 1 fully saturated rings. The lowest BCUT2D eigenvalue weighted by Gasteiger charge is -2.33. The molecule has 0 spiro atoms. The topological polar surface area (TPSA) is 67.4 Å². The number of ether oxygens (including phenoxy) is 1. The molecule has 6 heteroatoms. The van der Waals surface area contributed by atoms with E-state index in [4.69, 9.17) is 16.3 Å². The molecule has 2 N–H and O–H groups in total. The van der Waals surface area contributed by atoms with E-state index < -0.39 is 16.7 Å². The summed E-state index contributed by atoms with van der Waals surface area (Å²) in [5.74, 6) is 0.367. The van der Waals surface area contributed by atoms with Gasteiger partial charge < -0.3 is 15.4 Å². The maximum absolute atomic E-state index is 13.0. The molecule has 42 heavy (non-hydrogen) atoms. The number of hydrogen-bond donors (Lipinski definition) is 2. The van der Waals surface area contributed by atoms with Gasteiger partial charge in [-0.1, -0.05) is 85.9 Å². The van der Waals surface area contributed by atoms with Crippen LogP contribution in [0, 0.1) is 5.41 Å². The van der Waals surface area contributed by atoms with Crippen molar-refractivity contribution in [3.05, 3.63) is 53.6 Å². The minimum atomic E-state index is -1.18. The van der Waals surface area contributed by atoms with Crippen LogP contribution in [0.5, 0.6) is 5.75 Å². The molecular formula is C36H53ClN2O3. The zero-order chi connectivity index (χ0) is 31.0. The van der Waals surface area contributed by atoms with Crippen LogP contribution >= 0.6 is 11.6 Å². The summed E-state index contributed by atoms with van der Waals surface area (Å²) < 4.78 is 6.32. The van der Waals surface area contributed by atoms with Gasteiger partial charge in [-0.25, -0.2) is 0 Å². The number of Topliss-reactive ketones (excluding diaryl/α,β-unsaturated/α-hetero) is 1. The van der Waals surface area contributed by atoms with E-state index in [0.29, 0.717) is 12.3 Å². The Balaban J connectivity index is 1.49. The number of carbonyl (C=O) groups is 2. The molecule has 0 aromatic heterocycles. The first kappa shape index (κ1) is 34.0. The Hall–Kier alpha value is -2.53. The van der Waals surface area contributed by atoms with E-state index in [1.54, 1.807) is 0 Å². The van der Waals surface area contributed by atoms with Crippen LogP contribution in [0.1, 0.15) is 117 Å². The third-order valence-electron chi connectivity index (χ3n) is 9.56. The van der Waals surface area contributed by atoms with Crippen LogP contribution in [0.4, 0.5) is 11.4 Å². The maximum atomic E-state index is 13.0. The van der Waals surface area contributed by atoms with Gasteiger partial charge in [0.1, 0.15) is 5.75 Å². The van der Waals surface area contributed by atoms with Crippen molar-refractivity contribution in [3.63, 3.8) is 0 Å². The van der Waals surface area contributed by atoms with E-state index in [0.717, 1.165) is 75.8 Å². The van der Waals surface area contributed by atoms with Gasteiger partial charge in [0, 0.05) is 28.9 Å². The Kier molecular flexibility index (Phi) is 11.9. The molecule has 0 heterocycles. The van der Waals surface area contributed by atoms with Crippen molar-refractivity contribution in [2.24, 2.45) is 5.41 Å². The van der Waals surface area contributed by atoms with Crippen LogP contribution in [0.2, 0.25) is 0 Å². The summed E-state index contributed by atoms with van der Waals surface area (Å²) in [6.07, 6.45) is 8.76. The first-order valence-electron chi connectivity index (χ1n) is 15.9. The highest BCUT2D eigenvalue weighted by atomic mass is 35.5. The van der Waals surface area contributed by atoms with Crippen molar-refractivity contribution in [1.29, 1.82) is 0 Å². The predicted molar refractivity (Wildman–Crippen MR) is 177 cm³/mol. The lowest BCUT2D eigenvalue weighted by molar-refractivity contribution is -0.132. The number of unbranched alkanes of at least 4 members (excludes halogenated alkanes) is 1. The molecule has 0 bridgehead atoms. The highest BCUT2D eigenvalue weighted by Crippen LogP contribution is 2.39. The molecule has 1 unspecified atom stereocenters. The van der Waals surface area contributed by atoms with Crippen LogP contribution in [0.25, 0.3) is 0 Å². The molecule has 0 aliphatic heterocycles. The Morgan fingerprint density at radius 3 is 2.26 bits per heavy atom. The normalized spacial score (nSPS) is 16.0. The predicted octanol–water partition coefficient (Wildman–Crippen LogP) is 9.42. The van der Waals surface area contributed by atoms with Crippen molar-refractivity contribution in [1.82, 2.24) is 0 Å². The number of nitrogens with one attached hydrogen (secondary N) is 2. The second-order valence-corrected chi connectivity index (χ2v) is 14.0. The lowest BCUT2D eigenvalue weighted by Crippen LogP contribution is -2.41. The van der Waals surface area contributed by atoms with Crippen LogP contribution in [-0.4, -0.2) is 30.2 Å². The van der Waals surface area contributed by atoms with Crippen molar-refractivity contribution in [2.45, 2.75) is 122 Å². The summed E-state index contributed by atoms with van der Waals surface area (Å²) in [7, 11) is 0. The standard InChI is InChI=1S/C36H53ClN2O3/c1-8-34(3,4)26-18-19-30(29(24-26)35(5,6)9-2)42-23-14-13-22-38-27-16-15-17-28(25-27)39-33(41)31(37)32(40)36(7)20-11-10-12-21-36/h15-19,24-25,31,38H,8-14,20-23H2,1-7H3,(H,39,41). The first-order valence-corrected chi connectivity index (χ1v) is 16.4. The minimum absolute atomic E-state index is 0.0434. The molecule has 1 atom stereocenters. The van der Waals surface area contributed by atoms with Gasteiger partial charge in [0.2, 0.25) is 5.91 Å². The summed E-state index contributed by atoms with van der Waals surface area (Å²) in [6.45, 7) is 17.1. The summed E-state index contributed by atoms with van der Waals surface area (Å²) in [5, 5.41) is 5.09. The second-order valence-electron chi connectivity index (χ2n) is 13.6. The average molecular weight is 597 g/mol. The van der Waals surface area contributed by atoms with Crippen molar-refractivity contribution in [2.75, 3.05) is 23.8 Å². The van der Waals surface area contributed by atoms with Gasteiger partial charge in [0.25, 0.3) is 0 Å². The van der Waals surface area contributed by atoms with Crippen LogP contribution in [0.15, 0.2) is 42.5 Å². The first-order chi connectivity index (χ1) is 19.8. The summed E-state index contributed by atoms with van der Waals surface area (Å²) in [6, 6.07) is 14.3. The lowest BCUT2D eigenvalue weighted by atomic mass is 9.72. The number of halogens is 1. The highest BCUT2D eigenvalue weighted by Gasteiger charge is 2.40. The van der Waals surface area contributed by atoms with E-state index in [1.807, 2.05) is 31.2 Å². The van der Waals surface area contributed by atoms with E-state index in [1.165, 1.54) is 11.1 Å². The number of benzene rings is 2. The zero-order valence-corrected chi connectivity index (χ0v) is 27.8. The van der Waals surface area contributed by atoms with Crippen LogP contribution in [0.3, 0.4) is 0 Å². The molecule has 2 aromatic rings. The number of carbonyl (C=O) groups excluding carboxylic acids is 2. The van der Waals surface area contributed by atoms with Crippen molar-refractivity contribution in [3.8, 4) is 5.75 Å². The van der Waals surface area contributed by atoms with E-state index in [2.05, 4.69) is 70.4 Å². The highest BCUT2D eigenvalue weighted by molar-refractivity contribution is 6.43. The van der Waals surface area contributed by atoms with Crippen molar-refractivity contribution < 1.29 is 14.3 Å². The molecule has 0 radical (unpaired) electrons. The Morgan fingerprint density at radius 1 is 0.929 bits per heavy atom. The van der Waals surface area contributed by atoms with Gasteiger partial charge >= 0.3 is 0 Å². The number of hydrogen-bond acceptors (Lipinski definition) is 4.